The highest BCUT2D eigenvalue weighted by atomic mass is 32.2. The van der Waals surface area contributed by atoms with Crippen LogP contribution in [-0.4, -0.2) is 23.0 Å². The summed E-state index contributed by atoms with van der Waals surface area (Å²) < 4.78 is 0. The number of aromatic nitrogens is 2. The second kappa shape index (κ2) is 5.57. The summed E-state index contributed by atoms with van der Waals surface area (Å²) in [5.74, 6) is 0.969. The van der Waals surface area contributed by atoms with Crippen molar-refractivity contribution in [2.24, 2.45) is 0 Å². The highest BCUT2D eigenvalue weighted by Gasteiger charge is 2.09. The third kappa shape index (κ3) is 3.25. The first-order valence-electron chi connectivity index (χ1n) is 4.32. The van der Waals surface area contributed by atoms with E-state index in [-0.39, 0.29) is 0 Å². The van der Waals surface area contributed by atoms with Gasteiger partial charge in [0.2, 0.25) is 0 Å². The van der Waals surface area contributed by atoms with Crippen LogP contribution in [0.2, 0.25) is 0 Å². The quantitative estimate of drug-likeness (QED) is 0.819. The van der Waals surface area contributed by atoms with Gasteiger partial charge in [0.15, 0.2) is 0 Å². The van der Waals surface area contributed by atoms with Crippen LogP contribution in [0.4, 0.5) is 0 Å². The normalized spacial score (nSPS) is 13.2. The van der Waals surface area contributed by atoms with Crippen molar-refractivity contribution in [3.8, 4) is 0 Å². The molecule has 1 heterocycles. The van der Waals surface area contributed by atoms with Crippen LogP contribution >= 0.6 is 23.1 Å². The summed E-state index contributed by atoms with van der Waals surface area (Å²) in [4.78, 5) is 0. The fourth-order valence-electron chi connectivity index (χ4n) is 1.02. The Bertz CT molecular complexity index is 249. The summed E-state index contributed by atoms with van der Waals surface area (Å²) in [6.07, 6.45) is 2.08. The fourth-order valence-corrected chi connectivity index (χ4v) is 2.58. The molecule has 0 spiro atoms. The molecule has 1 rings (SSSR count). The Morgan fingerprint density at radius 2 is 2.31 bits per heavy atom. The van der Waals surface area contributed by atoms with Gasteiger partial charge in [-0.15, -0.1) is 10.2 Å². The average Bonchev–Trinajstić information content (AvgIpc) is 2.54. The van der Waals surface area contributed by atoms with E-state index in [2.05, 4.69) is 35.6 Å². The van der Waals surface area contributed by atoms with Crippen molar-refractivity contribution in [1.82, 2.24) is 15.5 Å². The fraction of sp³-hybridized carbons (Fsp3) is 0.750. The van der Waals surface area contributed by atoms with Crippen molar-refractivity contribution in [2.75, 3.05) is 12.8 Å². The molecular formula is C8H15N3S2. The van der Waals surface area contributed by atoms with Gasteiger partial charge in [-0.2, -0.15) is 11.8 Å². The van der Waals surface area contributed by atoms with Gasteiger partial charge in [-0.05, 0) is 19.7 Å². The van der Waals surface area contributed by atoms with E-state index >= 15 is 0 Å². The zero-order valence-corrected chi connectivity index (χ0v) is 9.84. The van der Waals surface area contributed by atoms with Gasteiger partial charge in [-0.25, -0.2) is 0 Å². The molecule has 3 nitrogen and oxygen atoms in total. The maximum Gasteiger partial charge on any atom is 0.134 e. The molecule has 13 heavy (non-hydrogen) atoms. The van der Waals surface area contributed by atoms with E-state index in [0.717, 1.165) is 22.3 Å². The molecule has 0 radical (unpaired) electrons. The standard InChI is InChI=1S/C8H15N3S2/c1-4-9-6(2)8-11-10-7(13-8)5-12-3/h6,9H,4-5H2,1-3H3. The summed E-state index contributed by atoms with van der Waals surface area (Å²) in [6.45, 7) is 5.19. The highest BCUT2D eigenvalue weighted by molar-refractivity contribution is 7.97. The minimum Gasteiger partial charge on any atom is -0.308 e. The zero-order chi connectivity index (χ0) is 9.68. The largest absolute Gasteiger partial charge is 0.308 e. The van der Waals surface area contributed by atoms with Crippen LogP contribution in [0.25, 0.3) is 0 Å². The summed E-state index contributed by atoms with van der Waals surface area (Å²) in [7, 11) is 0. The van der Waals surface area contributed by atoms with E-state index in [0.29, 0.717) is 6.04 Å². The lowest BCUT2D eigenvalue weighted by molar-refractivity contribution is 0.589. The Hall–Kier alpha value is -0.130. The van der Waals surface area contributed by atoms with Crippen LogP contribution in [-0.2, 0) is 5.75 Å². The van der Waals surface area contributed by atoms with Gasteiger partial charge in [0, 0.05) is 5.75 Å². The van der Waals surface area contributed by atoms with Gasteiger partial charge in [0.1, 0.15) is 10.0 Å². The van der Waals surface area contributed by atoms with E-state index < -0.39 is 0 Å². The molecule has 1 N–H and O–H groups in total. The topological polar surface area (TPSA) is 37.8 Å². The number of thioether (sulfide) groups is 1. The number of nitrogens with one attached hydrogen (secondary N) is 1. The SMILES string of the molecule is CCNC(C)c1nnc(CSC)s1. The van der Waals surface area contributed by atoms with Gasteiger partial charge in [-0.1, -0.05) is 18.3 Å². The molecule has 0 saturated heterocycles. The average molecular weight is 217 g/mol. The molecule has 5 heteroatoms. The van der Waals surface area contributed by atoms with E-state index in [4.69, 9.17) is 0 Å². The molecule has 0 aliphatic carbocycles. The minimum absolute atomic E-state index is 0.332. The third-order valence-corrected chi connectivity index (χ3v) is 3.48. The van der Waals surface area contributed by atoms with Gasteiger partial charge in [-0.3, -0.25) is 0 Å². The van der Waals surface area contributed by atoms with Crippen molar-refractivity contribution in [3.63, 3.8) is 0 Å². The third-order valence-electron chi connectivity index (χ3n) is 1.63. The molecule has 0 amide bonds. The Morgan fingerprint density at radius 1 is 1.54 bits per heavy atom. The predicted octanol–water partition coefficient (Wildman–Crippen LogP) is 2.07. The van der Waals surface area contributed by atoms with Crippen molar-refractivity contribution in [3.05, 3.63) is 10.0 Å². The lowest BCUT2D eigenvalue weighted by atomic mass is 10.3. The summed E-state index contributed by atoms with van der Waals surface area (Å²) in [5.41, 5.74) is 0. The molecule has 1 atom stereocenters. The molecular weight excluding hydrogens is 202 g/mol. The van der Waals surface area contributed by atoms with E-state index in [1.807, 2.05) is 0 Å². The molecule has 1 unspecified atom stereocenters. The molecule has 1 aromatic rings. The Morgan fingerprint density at radius 3 is 2.92 bits per heavy atom. The van der Waals surface area contributed by atoms with Crippen molar-refractivity contribution < 1.29 is 0 Å². The van der Waals surface area contributed by atoms with Gasteiger partial charge in [0.25, 0.3) is 0 Å². The van der Waals surface area contributed by atoms with Gasteiger partial charge >= 0.3 is 0 Å². The van der Waals surface area contributed by atoms with Crippen LogP contribution in [0.5, 0.6) is 0 Å². The molecule has 0 bridgehead atoms. The van der Waals surface area contributed by atoms with E-state index in [1.54, 1.807) is 23.1 Å². The Kier molecular flexibility index (Phi) is 4.69. The van der Waals surface area contributed by atoms with Crippen molar-refractivity contribution in [2.45, 2.75) is 25.6 Å². The molecule has 0 aliphatic heterocycles. The summed E-state index contributed by atoms with van der Waals surface area (Å²) in [6, 6.07) is 0.332. The first kappa shape index (κ1) is 10.9. The van der Waals surface area contributed by atoms with Crippen LogP contribution in [0.3, 0.4) is 0 Å². The lowest BCUT2D eigenvalue weighted by Gasteiger charge is -2.06. The van der Waals surface area contributed by atoms with Crippen molar-refractivity contribution in [1.29, 1.82) is 0 Å². The summed E-state index contributed by atoms with van der Waals surface area (Å²) in [5, 5.41) is 13.8. The van der Waals surface area contributed by atoms with E-state index in [9.17, 15) is 0 Å². The molecule has 0 saturated carbocycles. The number of rotatable bonds is 5. The second-order valence-corrected chi connectivity index (χ2v) is 4.71. The lowest BCUT2D eigenvalue weighted by Crippen LogP contribution is -2.17. The maximum atomic E-state index is 4.15. The van der Waals surface area contributed by atoms with E-state index in [1.165, 1.54) is 0 Å². The molecule has 1 aromatic heterocycles. The summed E-state index contributed by atoms with van der Waals surface area (Å²) >= 11 is 3.48. The smallest absolute Gasteiger partial charge is 0.134 e. The molecule has 0 fully saturated rings. The monoisotopic (exact) mass is 217 g/mol. The number of hydrogen-bond acceptors (Lipinski definition) is 5. The minimum atomic E-state index is 0.332. The maximum absolute atomic E-state index is 4.15. The van der Waals surface area contributed by atoms with Crippen LogP contribution in [0.1, 0.15) is 29.9 Å². The van der Waals surface area contributed by atoms with Gasteiger partial charge < -0.3 is 5.32 Å². The van der Waals surface area contributed by atoms with Gasteiger partial charge in [0.05, 0.1) is 6.04 Å². The Balaban J connectivity index is 2.56. The number of hydrogen-bond donors (Lipinski definition) is 1. The van der Waals surface area contributed by atoms with Crippen LogP contribution in [0, 0.1) is 0 Å². The predicted molar refractivity (Wildman–Crippen MR) is 59.2 cm³/mol. The first-order valence-corrected chi connectivity index (χ1v) is 6.53. The zero-order valence-electron chi connectivity index (χ0n) is 8.20. The molecule has 0 aromatic carbocycles. The molecule has 0 aliphatic rings. The van der Waals surface area contributed by atoms with Crippen LogP contribution in [0.15, 0.2) is 0 Å². The van der Waals surface area contributed by atoms with Crippen molar-refractivity contribution >= 4 is 23.1 Å². The Labute approximate surface area is 87.3 Å². The second-order valence-electron chi connectivity index (χ2n) is 2.75. The number of nitrogens with zero attached hydrogens (tertiary/aromatic N) is 2. The highest BCUT2D eigenvalue weighted by Crippen LogP contribution is 2.19. The molecule has 74 valence electrons. The van der Waals surface area contributed by atoms with Crippen LogP contribution < -0.4 is 5.32 Å². The first-order chi connectivity index (χ1) is 6.27.